The van der Waals surface area contributed by atoms with Crippen LogP contribution in [0, 0.1) is 11.8 Å². The fraction of sp³-hybridized carbons (Fsp3) is 0.548. The third kappa shape index (κ3) is 7.68. The van der Waals surface area contributed by atoms with Gasteiger partial charge in [-0.1, -0.05) is 17.7 Å². The molecule has 1 amide bonds. The number of piperidine rings is 2. The minimum Gasteiger partial charge on any atom is -0.491 e. The molecule has 5 rings (SSSR count). The number of halogens is 1. The summed E-state index contributed by atoms with van der Waals surface area (Å²) in [4.78, 5) is 18.9. The van der Waals surface area contributed by atoms with Gasteiger partial charge in [0.2, 0.25) is 5.91 Å². The maximum absolute atomic E-state index is 11.4. The van der Waals surface area contributed by atoms with Crippen molar-refractivity contribution in [3.05, 3.63) is 53.3 Å². The second kappa shape index (κ2) is 14.2. The molecule has 0 saturated carbocycles. The summed E-state index contributed by atoms with van der Waals surface area (Å²) in [6.45, 7) is 6.95. The average molecular weight is 568 g/mol. The second-order valence-corrected chi connectivity index (χ2v) is 11.5. The van der Waals surface area contributed by atoms with Crippen molar-refractivity contribution in [1.82, 2.24) is 19.8 Å². The number of benzene rings is 2. The fourth-order valence-electron chi connectivity index (χ4n) is 5.94. The van der Waals surface area contributed by atoms with Gasteiger partial charge in [-0.05, 0) is 113 Å². The quantitative estimate of drug-likeness (QED) is 0.282. The van der Waals surface area contributed by atoms with E-state index in [1.165, 1.54) is 19.3 Å². The van der Waals surface area contributed by atoms with Crippen LogP contribution in [0.1, 0.15) is 50.8 Å². The zero-order valence-electron chi connectivity index (χ0n) is 23.3. The molecule has 216 valence electrons. The molecule has 9 heteroatoms. The normalized spacial score (nSPS) is 17.3. The first-order chi connectivity index (χ1) is 19.6. The van der Waals surface area contributed by atoms with Gasteiger partial charge in [-0.25, -0.2) is 4.98 Å². The lowest BCUT2D eigenvalue weighted by Crippen LogP contribution is -2.39. The zero-order chi connectivity index (χ0) is 27.7. The van der Waals surface area contributed by atoms with E-state index < -0.39 is 0 Å². The summed E-state index contributed by atoms with van der Waals surface area (Å²) in [6.07, 6.45) is 7.49. The number of fused-ring (bicyclic) bond motifs is 1. The molecule has 3 N–H and O–H groups in total. The van der Waals surface area contributed by atoms with Crippen molar-refractivity contribution >= 4 is 28.5 Å². The van der Waals surface area contributed by atoms with Crippen molar-refractivity contribution in [1.29, 1.82) is 0 Å². The molecule has 2 aromatic carbocycles. The van der Waals surface area contributed by atoms with Crippen LogP contribution in [0.5, 0.6) is 11.5 Å². The minimum atomic E-state index is -0.167. The van der Waals surface area contributed by atoms with Gasteiger partial charge in [0.1, 0.15) is 29.4 Å². The van der Waals surface area contributed by atoms with Crippen molar-refractivity contribution < 1.29 is 14.3 Å². The summed E-state index contributed by atoms with van der Waals surface area (Å²) in [5.74, 6) is 3.15. The Hall–Kier alpha value is -2.81. The highest BCUT2D eigenvalue weighted by Crippen LogP contribution is 2.29. The highest BCUT2D eigenvalue weighted by Gasteiger charge is 2.23. The van der Waals surface area contributed by atoms with Gasteiger partial charge in [0.25, 0.3) is 0 Å². The number of primary amides is 1. The molecule has 0 radical (unpaired) electrons. The molecule has 1 aromatic heterocycles. The molecule has 0 unspecified atom stereocenters. The van der Waals surface area contributed by atoms with E-state index in [0.717, 1.165) is 99.2 Å². The molecule has 3 heterocycles. The predicted molar refractivity (Wildman–Crippen MR) is 159 cm³/mol. The summed E-state index contributed by atoms with van der Waals surface area (Å²) < 4.78 is 14.7. The number of amides is 1. The lowest BCUT2D eigenvalue weighted by Gasteiger charge is -2.30. The van der Waals surface area contributed by atoms with Crippen LogP contribution in [0.2, 0.25) is 5.02 Å². The number of ether oxygens (including phenoxy) is 2. The highest BCUT2D eigenvalue weighted by atomic mass is 35.5. The van der Waals surface area contributed by atoms with E-state index in [4.69, 9.17) is 31.8 Å². The smallest absolute Gasteiger partial charge is 0.220 e. The Labute approximate surface area is 242 Å². The van der Waals surface area contributed by atoms with Gasteiger partial charge >= 0.3 is 0 Å². The largest absolute Gasteiger partial charge is 0.491 e. The Bertz CT molecular complexity index is 1230. The van der Waals surface area contributed by atoms with Gasteiger partial charge in [-0.2, -0.15) is 0 Å². The molecule has 2 aliphatic heterocycles. The van der Waals surface area contributed by atoms with Crippen molar-refractivity contribution in [3.63, 3.8) is 0 Å². The van der Waals surface area contributed by atoms with Gasteiger partial charge in [0, 0.05) is 24.0 Å². The summed E-state index contributed by atoms with van der Waals surface area (Å²) >= 11 is 6.05. The number of imidazole rings is 1. The monoisotopic (exact) mass is 567 g/mol. The number of hydrogen-bond acceptors (Lipinski definition) is 6. The molecular formula is C31H42ClN5O3. The van der Waals surface area contributed by atoms with Crippen molar-refractivity contribution in [3.8, 4) is 11.5 Å². The molecule has 0 aliphatic carbocycles. The Morgan fingerprint density at radius 1 is 1.00 bits per heavy atom. The average Bonchev–Trinajstić information content (AvgIpc) is 3.34. The Kier molecular flexibility index (Phi) is 10.2. The molecule has 0 atom stereocenters. The standard InChI is InChI=1S/C31H42ClN5O3/c32-25-7-9-26(10-8-25)40-22-29-35-30-27(37(29)18-2-4-23-11-15-34-16-12-23)5-1-6-28(30)39-21-3-17-36-19-13-24(14-20-36)31(33)38/h1,5-10,23-24,34H,2-4,11-22H2,(H2,33,38). The van der Waals surface area contributed by atoms with Gasteiger partial charge in [-0.3, -0.25) is 4.79 Å². The third-order valence-corrected chi connectivity index (χ3v) is 8.57. The van der Waals surface area contributed by atoms with E-state index in [1.807, 2.05) is 30.3 Å². The van der Waals surface area contributed by atoms with Crippen LogP contribution >= 0.6 is 11.6 Å². The molecular weight excluding hydrogens is 526 g/mol. The van der Waals surface area contributed by atoms with Gasteiger partial charge in [-0.15, -0.1) is 0 Å². The maximum Gasteiger partial charge on any atom is 0.220 e. The summed E-state index contributed by atoms with van der Waals surface area (Å²) in [5, 5.41) is 4.16. The number of nitrogens with two attached hydrogens (primary N) is 1. The lowest BCUT2D eigenvalue weighted by molar-refractivity contribution is -0.123. The molecule has 3 aromatic rings. The molecule has 2 fully saturated rings. The number of rotatable bonds is 13. The van der Waals surface area contributed by atoms with Crippen molar-refractivity contribution in [2.75, 3.05) is 39.3 Å². The molecule has 0 bridgehead atoms. The van der Waals surface area contributed by atoms with Crippen molar-refractivity contribution in [2.45, 2.75) is 58.1 Å². The van der Waals surface area contributed by atoms with E-state index in [2.05, 4.69) is 26.9 Å². The highest BCUT2D eigenvalue weighted by molar-refractivity contribution is 6.30. The number of para-hydroxylation sites is 1. The van der Waals surface area contributed by atoms with Crippen LogP contribution in [-0.4, -0.2) is 59.7 Å². The number of likely N-dealkylation sites (tertiary alicyclic amines) is 1. The van der Waals surface area contributed by atoms with E-state index in [0.29, 0.717) is 18.2 Å². The van der Waals surface area contributed by atoms with Crippen LogP contribution in [0.3, 0.4) is 0 Å². The lowest BCUT2D eigenvalue weighted by atomic mass is 9.93. The summed E-state index contributed by atoms with van der Waals surface area (Å²) in [6, 6.07) is 13.6. The third-order valence-electron chi connectivity index (χ3n) is 8.32. The molecule has 2 saturated heterocycles. The number of aryl methyl sites for hydroxylation is 1. The fourth-order valence-corrected chi connectivity index (χ4v) is 6.07. The SMILES string of the molecule is NC(=O)C1CCN(CCCOc2cccc3c2nc(COc2ccc(Cl)cc2)n3CCCC2CCNCC2)CC1. The molecule has 0 spiro atoms. The first kappa shape index (κ1) is 28.7. The van der Waals surface area contributed by atoms with Crippen molar-refractivity contribution in [2.24, 2.45) is 17.6 Å². The van der Waals surface area contributed by atoms with Crippen LogP contribution in [0.25, 0.3) is 11.0 Å². The maximum atomic E-state index is 11.4. The summed E-state index contributed by atoms with van der Waals surface area (Å²) in [5.41, 5.74) is 7.45. The number of carbonyl (C=O) groups is 1. The van der Waals surface area contributed by atoms with Crippen LogP contribution in [0.4, 0.5) is 0 Å². The van der Waals surface area contributed by atoms with Gasteiger partial charge in [0.15, 0.2) is 0 Å². The summed E-state index contributed by atoms with van der Waals surface area (Å²) in [7, 11) is 0. The Morgan fingerprint density at radius 3 is 2.52 bits per heavy atom. The van der Waals surface area contributed by atoms with Gasteiger partial charge < -0.3 is 30.0 Å². The van der Waals surface area contributed by atoms with E-state index in [-0.39, 0.29) is 11.8 Å². The molecule has 2 aliphatic rings. The number of aromatic nitrogens is 2. The van der Waals surface area contributed by atoms with E-state index in [1.54, 1.807) is 0 Å². The molecule has 8 nitrogen and oxygen atoms in total. The van der Waals surface area contributed by atoms with E-state index >= 15 is 0 Å². The first-order valence-corrected chi connectivity index (χ1v) is 15.2. The van der Waals surface area contributed by atoms with Crippen LogP contribution in [-0.2, 0) is 17.9 Å². The number of carbonyl (C=O) groups excluding carboxylic acids is 1. The first-order valence-electron chi connectivity index (χ1n) is 14.8. The second-order valence-electron chi connectivity index (χ2n) is 11.1. The Balaban J connectivity index is 1.23. The van der Waals surface area contributed by atoms with Crippen LogP contribution in [0.15, 0.2) is 42.5 Å². The number of nitrogens with zero attached hydrogens (tertiary/aromatic N) is 3. The Morgan fingerprint density at radius 2 is 1.77 bits per heavy atom. The number of nitrogens with one attached hydrogen (secondary N) is 1. The minimum absolute atomic E-state index is 0.0257. The number of hydrogen-bond donors (Lipinski definition) is 2. The van der Waals surface area contributed by atoms with E-state index in [9.17, 15) is 4.79 Å². The van der Waals surface area contributed by atoms with Gasteiger partial charge in [0.05, 0.1) is 12.1 Å². The van der Waals surface area contributed by atoms with Crippen LogP contribution < -0.4 is 20.5 Å². The predicted octanol–water partition coefficient (Wildman–Crippen LogP) is 5.01. The topological polar surface area (TPSA) is 94.6 Å². The molecule has 40 heavy (non-hydrogen) atoms. The zero-order valence-corrected chi connectivity index (χ0v) is 24.1.